The summed E-state index contributed by atoms with van der Waals surface area (Å²) in [6, 6.07) is 11.1. The summed E-state index contributed by atoms with van der Waals surface area (Å²) in [4.78, 5) is 15.8. The van der Waals surface area contributed by atoms with E-state index < -0.39 is 0 Å². The van der Waals surface area contributed by atoms with Gasteiger partial charge < -0.3 is 0 Å². The van der Waals surface area contributed by atoms with Crippen molar-refractivity contribution in [2.45, 2.75) is 13.8 Å². The van der Waals surface area contributed by atoms with Gasteiger partial charge in [0.25, 0.3) is 5.91 Å². The lowest BCUT2D eigenvalue weighted by Gasteiger charge is -2.03. The minimum atomic E-state index is -0.211. The monoisotopic (exact) mass is 253 g/mol. The fourth-order valence-electron chi connectivity index (χ4n) is 1.64. The van der Waals surface area contributed by atoms with Crippen LogP contribution in [-0.4, -0.2) is 16.6 Å². The van der Waals surface area contributed by atoms with Crippen LogP contribution in [0.5, 0.6) is 0 Å². The van der Waals surface area contributed by atoms with Crippen LogP contribution >= 0.6 is 0 Å². The maximum Gasteiger partial charge on any atom is 0.271 e. The van der Waals surface area contributed by atoms with Crippen LogP contribution in [-0.2, 0) is 0 Å². The van der Waals surface area contributed by atoms with Gasteiger partial charge in [-0.1, -0.05) is 17.7 Å². The smallest absolute Gasteiger partial charge is 0.267 e. The van der Waals surface area contributed by atoms with Crippen LogP contribution < -0.4 is 5.43 Å². The van der Waals surface area contributed by atoms with Gasteiger partial charge >= 0.3 is 0 Å². The number of benzene rings is 1. The van der Waals surface area contributed by atoms with Crippen molar-refractivity contribution in [1.82, 2.24) is 10.4 Å². The Morgan fingerprint density at radius 2 is 1.89 bits per heavy atom. The van der Waals surface area contributed by atoms with Crippen molar-refractivity contribution in [3.63, 3.8) is 0 Å². The quantitative estimate of drug-likeness (QED) is 0.675. The van der Waals surface area contributed by atoms with Gasteiger partial charge in [0, 0.05) is 23.5 Å². The molecule has 4 heteroatoms. The summed E-state index contributed by atoms with van der Waals surface area (Å²) in [7, 11) is 0. The van der Waals surface area contributed by atoms with Crippen molar-refractivity contribution in [3.05, 3.63) is 65.5 Å². The molecule has 0 atom stereocenters. The highest BCUT2D eigenvalue weighted by molar-refractivity contribution is 6.00. The minimum Gasteiger partial charge on any atom is -0.267 e. The number of nitrogens with one attached hydrogen (secondary N) is 1. The zero-order valence-electron chi connectivity index (χ0n) is 10.9. The molecule has 0 radical (unpaired) electrons. The molecule has 0 saturated carbocycles. The number of hydrazone groups is 1. The Hall–Kier alpha value is -2.49. The van der Waals surface area contributed by atoms with E-state index >= 15 is 0 Å². The van der Waals surface area contributed by atoms with E-state index in [-0.39, 0.29) is 5.91 Å². The summed E-state index contributed by atoms with van der Waals surface area (Å²) in [5, 5.41) is 4.09. The first-order chi connectivity index (χ1) is 9.16. The summed E-state index contributed by atoms with van der Waals surface area (Å²) >= 11 is 0. The standard InChI is InChI=1S/C15H15N3O/c1-11-4-3-5-14(10-11)15(19)18-17-12(2)13-6-8-16-9-7-13/h3-10H,1-2H3,(H,18,19)/b17-12-. The molecule has 96 valence electrons. The molecular formula is C15H15N3O. The van der Waals surface area contributed by atoms with E-state index in [0.29, 0.717) is 5.56 Å². The lowest BCUT2D eigenvalue weighted by molar-refractivity contribution is 0.0954. The molecule has 0 aliphatic heterocycles. The topological polar surface area (TPSA) is 54.4 Å². The Kier molecular flexibility index (Phi) is 4.03. The van der Waals surface area contributed by atoms with E-state index in [1.165, 1.54) is 0 Å². The predicted molar refractivity (Wildman–Crippen MR) is 75.1 cm³/mol. The third-order valence-electron chi connectivity index (χ3n) is 2.70. The van der Waals surface area contributed by atoms with Gasteiger partial charge in [-0.05, 0) is 38.1 Å². The second-order valence-electron chi connectivity index (χ2n) is 4.24. The van der Waals surface area contributed by atoms with Gasteiger partial charge in [0.2, 0.25) is 0 Å². The average molecular weight is 253 g/mol. The van der Waals surface area contributed by atoms with Gasteiger partial charge in [-0.2, -0.15) is 5.10 Å². The van der Waals surface area contributed by atoms with E-state index in [4.69, 9.17) is 0 Å². The molecule has 0 aliphatic rings. The van der Waals surface area contributed by atoms with Gasteiger partial charge in [0.15, 0.2) is 0 Å². The van der Waals surface area contributed by atoms with Crippen molar-refractivity contribution < 1.29 is 4.79 Å². The summed E-state index contributed by atoms with van der Waals surface area (Å²) in [6.45, 7) is 3.79. The number of aryl methyl sites for hydroxylation is 1. The van der Waals surface area contributed by atoms with Crippen molar-refractivity contribution in [1.29, 1.82) is 0 Å². The highest BCUT2D eigenvalue weighted by Gasteiger charge is 2.04. The van der Waals surface area contributed by atoms with Crippen LogP contribution in [0.25, 0.3) is 0 Å². The molecule has 0 unspecified atom stereocenters. The maximum absolute atomic E-state index is 11.9. The number of carbonyl (C=O) groups is 1. The van der Waals surface area contributed by atoms with Crippen molar-refractivity contribution in [2.75, 3.05) is 0 Å². The molecule has 19 heavy (non-hydrogen) atoms. The third-order valence-corrected chi connectivity index (χ3v) is 2.70. The van der Waals surface area contributed by atoms with Gasteiger partial charge in [-0.25, -0.2) is 5.43 Å². The summed E-state index contributed by atoms with van der Waals surface area (Å²) in [5.41, 5.74) is 5.87. The second-order valence-corrected chi connectivity index (χ2v) is 4.24. The molecule has 0 fully saturated rings. The SMILES string of the molecule is C/C(=N/NC(=O)c1cccc(C)c1)c1ccncc1. The lowest BCUT2D eigenvalue weighted by atomic mass is 10.1. The van der Waals surface area contributed by atoms with Gasteiger partial charge in [-0.3, -0.25) is 9.78 Å². The Balaban J connectivity index is 2.08. The Morgan fingerprint density at radius 1 is 1.16 bits per heavy atom. The first-order valence-corrected chi connectivity index (χ1v) is 5.98. The van der Waals surface area contributed by atoms with Crippen molar-refractivity contribution in [3.8, 4) is 0 Å². The fraction of sp³-hybridized carbons (Fsp3) is 0.133. The molecule has 4 nitrogen and oxygen atoms in total. The van der Waals surface area contributed by atoms with E-state index in [1.807, 2.05) is 44.2 Å². The van der Waals surface area contributed by atoms with Crippen LogP contribution in [0.1, 0.15) is 28.4 Å². The van der Waals surface area contributed by atoms with Crippen LogP contribution in [0.4, 0.5) is 0 Å². The highest BCUT2D eigenvalue weighted by Crippen LogP contribution is 2.04. The number of amides is 1. The van der Waals surface area contributed by atoms with Crippen LogP contribution in [0, 0.1) is 6.92 Å². The van der Waals surface area contributed by atoms with Crippen molar-refractivity contribution >= 4 is 11.6 Å². The molecule has 1 heterocycles. The molecule has 0 aliphatic carbocycles. The molecule has 0 saturated heterocycles. The van der Waals surface area contributed by atoms with Crippen LogP contribution in [0.15, 0.2) is 53.9 Å². The van der Waals surface area contributed by atoms with Gasteiger partial charge in [0.1, 0.15) is 0 Å². The summed E-state index contributed by atoms with van der Waals surface area (Å²) < 4.78 is 0. The first kappa shape index (κ1) is 13.0. The number of aromatic nitrogens is 1. The molecule has 0 spiro atoms. The minimum absolute atomic E-state index is 0.211. The van der Waals surface area contributed by atoms with E-state index in [9.17, 15) is 4.79 Å². The van der Waals surface area contributed by atoms with E-state index in [0.717, 1.165) is 16.8 Å². The van der Waals surface area contributed by atoms with Crippen molar-refractivity contribution in [2.24, 2.45) is 5.10 Å². The molecule has 1 aromatic carbocycles. The number of hydrogen-bond donors (Lipinski definition) is 1. The number of carbonyl (C=O) groups excluding carboxylic acids is 1. The van der Waals surface area contributed by atoms with Gasteiger partial charge in [-0.15, -0.1) is 0 Å². The average Bonchev–Trinajstić information content (AvgIpc) is 2.45. The summed E-state index contributed by atoms with van der Waals surface area (Å²) in [5.74, 6) is -0.211. The predicted octanol–water partition coefficient (Wildman–Crippen LogP) is 2.54. The number of rotatable bonds is 3. The Morgan fingerprint density at radius 3 is 2.58 bits per heavy atom. The Bertz CT molecular complexity index is 606. The Labute approximate surface area is 112 Å². The highest BCUT2D eigenvalue weighted by atomic mass is 16.2. The zero-order valence-corrected chi connectivity index (χ0v) is 10.9. The van der Waals surface area contributed by atoms with E-state index in [2.05, 4.69) is 15.5 Å². The zero-order chi connectivity index (χ0) is 13.7. The first-order valence-electron chi connectivity index (χ1n) is 5.98. The molecule has 1 N–H and O–H groups in total. The molecule has 0 bridgehead atoms. The maximum atomic E-state index is 11.9. The van der Waals surface area contributed by atoms with Crippen LogP contribution in [0.2, 0.25) is 0 Å². The normalized spacial score (nSPS) is 11.2. The van der Waals surface area contributed by atoms with Gasteiger partial charge in [0.05, 0.1) is 5.71 Å². The molecule has 1 amide bonds. The fourth-order valence-corrected chi connectivity index (χ4v) is 1.64. The number of pyridine rings is 1. The molecular weight excluding hydrogens is 238 g/mol. The molecule has 2 rings (SSSR count). The lowest BCUT2D eigenvalue weighted by Crippen LogP contribution is -2.19. The van der Waals surface area contributed by atoms with E-state index in [1.54, 1.807) is 18.5 Å². The molecule has 2 aromatic rings. The molecule has 1 aromatic heterocycles. The van der Waals surface area contributed by atoms with Crippen LogP contribution in [0.3, 0.4) is 0 Å². The summed E-state index contributed by atoms with van der Waals surface area (Å²) in [6.07, 6.45) is 3.38. The third kappa shape index (κ3) is 3.48. The largest absolute Gasteiger partial charge is 0.271 e. The number of hydrogen-bond acceptors (Lipinski definition) is 3. The number of nitrogens with zero attached hydrogens (tertiary/aromatic N) is 2. The second kappa shape index (κ2) is 5.91.